The Hall–Kier alpha value is 0.562. The summed E-state index contributed by atoms with van der Waals surface area (Å²) >= 11 is 2.22. The van der Waals surface area contributed by atoms with Gasteiger partial charge in [0.15, 0.2) is 0 Å². The molecule has 0 unspecified atom stereocenters. The Morgan fingerprint density at radius 1 is 1.50 bits per heavy atom. The molecule has 0 saturated carbocycles. The minimum atomic E-state index is 0.360. The zero-order valence-corrected chi connectivity index (χ0v) is 9.13. The van der Waals surface area contributed by atoms with Crippen molar-refractivity contribution in [2.45, 2.75) is 27.2 Å². The average Bonchev–Trinajstić information content (AvgIpc) is 1.64. The van der Waals surface area contributed by atoms with Crippen LogP contribution in [0, 0.1) is 12.3 Å². The monoisotopic (exact) mass is 252 g/mol. The minimum absolute atomic E-state index is 0.360. The van der Waals surface area contributed by atoms with Gasteiger partial charge in [0.2, 0.25) is 0 Å². The van der Waals surface area contributed by atoms with E-state index in [2.05, 4.69) is 62.0 Å². The van der Waals surface area contributed by atoms with Crippen molar-refractivity contribution in [2.24, 2.45) is 5.41 Å². The molecule has 2 heteroatoms. The van der Waals surface area contributed by atoms with Crippen molar-refractivity contribution in [3.63, 3.8) is 0 Å². The molecule has 0 N–H and O–H groups in total. The van der Waals surface area contributed by atoms with E-state index in [1.54, 1.807) is 0 Å². The van der Waals surface area contributed by atoms with E-state index in [0.29, 0.717) is 5.41 Å². The topological polar surface area (TPSA) is 0 Å². The van der Waals surface area contributed by atoms with Crippen molar-refractivity contribution < 1.29 is 18.2 Å². The van der Waals surface area contributed by atoms with Gasteiger partial charge in [-0.3, -0.25) is 0 Å². The molecule has 0 aromatic carbocycles. The maximum atomic E-state index is 4.49. The second-order valence-corrected chi connectivity index (χ2v) is 3.49. The molecule has 10 heavy (non-hydrogen) atoms. The maximum absolute atomic E-state index is 4.49. The van der Waals surface area contributed by atoms with Gasteiger partial charge in [0, 0.05) is 0 Å². The van der Waals surface area contributed by atoms with Gasteiger partial charge in [-0.05, 0) is 5.41 Å². The third-order valence-corrected chi connectivity index (χ3v) is 0.780. The van der Waals surface area contributed by atoms with Crippen LogP contribution in [0.4, 0.5) is 0 Å². The molecule has 0 saturated heterocycles. The van der Waals surface area contributed by atoms with E-state index in [-0.39, 0.29) is 0 Å². The van der Waals surface area contributed by atoms with E-state index in [1.807, 2.05) is 0 Å². The van der Waals surface area contributed by atoms with Gasteiger partial charge in [-0.1, -0.05) is 27.2 Å². The number of halogens is 1. The van der Waals surface area contributed by atoms with Gasteiger partial charge in [0.25, 0.3) is 0 Å². The van der Waals surface area contributed by atoms with Crippen molar-refractivity contribution in [1.29, 1.82) is 0 Å². The predicted molar refractivity (Wildman–Crippen MR) is 44.4 cm³/mol. The van der Waals surface area contributed by atoms with Crippen molar-refractivity contribution in [3.05, 3.63) is 19.1 Å². The number of hydrogen-bond acceptors (Lipinski definition) is 0. The van der Waals surface area contributed by atoms with Crippen LogP contribution < -0.4 is 0 Å². The Bertz CT molecular complexity index is 91.9. The summed E-state index contributed by atoms with van der Waals surface area (Å²) in [5.41, 5.74) is 1.39. The van der Waals surface area contributed by atoms with E-state index in [0.717, 1.165) is 12.0 Å². The summed E-state index contributed by atoms with van der Waals surface area (Å²) in [6.45, 7) is 14.0. The quantitative estimate of drug-likeness (QED) is 0.495. The van der Waals surface area contributed by atoms with Crippen LogP contribution in [0.25, 0.3) is 0 Å². The number of hydrogen-bond donors (Lipinski definition) is 0. The molecule has 0 aliphatic rings. The van der Waals surface area contributed by atoms with Gasteiger partial charge < -0.3 is 0 Å². The van der Waals surface area contributed by atoms with Crippen molar-refractivity contribution >= 4 is 9.53 Å². The third kappa shape index (κ3) is 15.8. The molecule has 0 heterocycles. The molecule has 0 nitrogen and oxygen atoms in total. The van der Waals surface area contributed by atoms with Crippen LogP contribution in [-0.4, -0.2) is 0 Å². The summed E-state index contributed by atoms with van der Waals surface area (Å²) in [6, 6.07) is 0. The zero-order valence-electron chi connectivity index (χ0n) is 6.82. The Balaban J connectivity index is 0. The van der Waals surface area contributed by atoms with Gasteiger partial charge in [0.1, 0.15) is 0 Å². The fraction of sp³-hybridized carbons (Fsp3) is 0.625. The second kappa shape index (κ2) is 6.28. The van der Waals surface area contributed by atoms with Gasteiger partial charge in [-0.2, -0.15) is 0 Å². The Kier molecular flexibility index (Phi) is 8.28. The molecule has 0 spiro atoms. The molecule has 0 amide bonds. The van der Waals surface area contributed by atoms with Crippen molar-refractivity contribution in [1.82, 2.24) is 0 Å². The molecule has 0 aromatic rings. The first-order valence-corrected chi connectivity index (χ1v) is 5.04. The molecule has 0 radical (unpaired) electrons. The zero-order chi connectivity index (χ0) is 8.78. The van der Waals surface area contributed by atoms with Crippen LogP contribution in [0.2, 0.25) is 0 Å². The summed E-state index contributed by atoms with van der Waals surface area (Å²) in [5, 5.41) is 0. The van der Waals surface area contributed by atoms with Gasteiger partial charge in [0.05, 0.1) is 0 Å². The number of rotatable bonds is 1. The van der Waals surface area contributed by atoms with Crippen molar-refractivity contribution in [2.75, 3.05) is 0 Å². The number of allylic oxidation sites excluding steroid dienone is 1. The fourth-order valence-electron chi connectivity index (χ4n) is 0.750. The average molecular weight is 253 g/mol. The molecule has 0 bridgehead atoms. The third-order valence-electron chi connectivity index (χ3n) is 0.780. The molecule has 0 atom stereocenters. The normalized spacial score (nSPS) is 9.80. The predicted octanol–water partition coefficient (Wildman–Crippen LogP) is 3.50. The van der Waals surface area contributed by atoms with Gasteiger partial charge >= 0.3 is 27.7 Å². The molecule has 0 rings (SSSR count). The van der Waals surface area contributed by atoms with E-state index in [1.165, 1.54) is 0 Å². The Morgan fingerprint density at radius 3 is 1.80 bits per heavy atom. The van der Waals surface area contributed by atoms with Crippen LogP contribution in [0.1, 0.15) is 27.2 Å². The second-order valence-electron chi connectivity index (χ2n) is 3.49. The van der Waals surface area contributed by atoms with Gasteiger partial charge in [-0.25, -0.2) is 19.1 Å². The Morgan fingerprint density at radius 2 is 1.80 bits per heavy atom. The fourth-order valence-corrected chi connectivity index (χ4v) is 0.750. The van der Waals surface area contributed by atoms with Crippen LogP contribution in [-0.2, 0) is 18.2 Å². The molecule has 64 valence electrons. The van der Waals surface area contributed by atoms with E-state index in [9.17, 15) is 0 Å². The summed E-state index contributed by atoms with van der Waals surface area (Å²) in [5.74, 6) is 0. The SMILES string of the molecule is C=C([CH2-])CC(C)(C)C.[Cl][Pd+]. The molecular formula is C8H15ClPd. The first-order chi connectivity index (χ1) is 4.42. The van der Waals surface area contributed by atoms with E-state index < -0.39 is 0 Å². The van der Waals surface area contributed by atoms with Gasteiger partial charge in [-0.15, -0.1) is 0 Å². The summed E-state index contributed by atoms with van der Waals surface area (Å²) in [7, 11) is 4.49. The van der Waals surface area contributed by atoms with Crippen LogP contribution in [0.5, 0.6) is 0 Å². The summed E-state index contributed by atoms with van der Waals surface area (Å²) < 4.78 is 0. The summed E-state index contributed by atoms with van der Waals surface area (Å²) in [4.78, 5) is 0. The van der Waals surface area contributed by atoms with E-state index >= 15 is 0 Å². The molecular weight excluding hydrogens is 238 g/mol. The molecule has 0 aliphatic carbocycles. The van der Waals surface area contributed by atoms with E-state index in [4.69, 9.17) is 0 Å². The first-order valence-electron chi connectivity index (χ1n) is 3.03. The summed E-state index contributed by atoms with van der Waals surface area (Å²) in [6.07, 6.45) is 1.02. The van der Waals surface area contributed by atoms with Crippen LogP contribution in [0.3, 0.4) is 0 Å². The molecule has 0 fully saturated rings. The van der Waals surface area contributed by atoms with Crippen LogP contribution in [0.15, 0.2) is 12.2 Å². The molecule has 0 aliphatic heterocycles. The van der Waals surface area contributed by atoms with Crippen LogP contribution >= 0.6 is 9.53 Å². The molecule has 0 aromatic heterocycles. The first kappa shape index (κ1) is 13.2. The van der Waals surface area contributed by atoms with Crippen molar-refractivity contribution in [3.8, 4) is 0 Å². The standard InChI is InChI=1S/C8H15.ClH.Pd/c1-7(2)6-8(3,4)5;;/h1-2,6H2,3-5H3;1H;/q-1;;+2/p-1. The Labute approximate surface area is 79.4 Å².